The van der Waals surface area contributed by atoms with Crippen molar-refractivity contribution in [2.75, 3.05) is 11.1 Å². The van der Waals surface area contributed by atoms with Crippen LogP contribution in [0, 0.1) is 0 Å². The number of hydrogen-bond acceptors (Lipinski definition) is 5. The topological polar surface area (TPSA) is 72.7 Å². The van der Waals surface area contributed by atoms with Crippen LogP contribution in [-0.2, 0) is 4.79 Å². The van der Waals surface area contributed by atoms with Crippen LogP contribution in [0.4, 0.5) is 5.69 Å². The summed E-state index contributed by atoms with van der Waals surface area (Å²) in [5.41, 5.74) is 2.62. The van der Waals surface area contributed by atoms with Gasteiger partial charge in [0.1, 0.15) is 0 Å². The molecule has 0 saturated carbocycles. The number of aromatic nitrogens is 4. The van der Waals surface area contributed by atoms with E-state index in [-0.39, 0.29) is 11.7 Å². The summed E-state index contributed by atoms with van der Waals surface area (Å²) in [5.74, 6) is 0.847. The molecule has 2 heterocycles. The number of nitrogens with zero attached hydrogens (tertiary/aromatic N) is 4. The standard InChI is InChI=1S/C21H17N5OS/c27-19(23-17-7-3-1-4-8-17)15-28-21-25-24-20(16-11-13-22-14-12-16)26(21)18-9-5-2-6-10-18/h1-14H,15H2,(H,23,27). The summed E-state index contributed by atoms with van der Waals surface area (Å²) in [6.45, 7) is 0. The molecule has 0 aliphatic rings. The van der Waals surface area contributed by atoms with Crippen LogP contribution in [0.25, 0.3) is 17.1 Å². The average molecular weight is 387 g/mol. The van der Waals surface area contributed by atoms with Crippen LogP contribution in [0.1, 0.15) is 0 Å². The van der Waals surface area contributed by atoms with E-state index in [0.29, 0.717) is 11.0 Å². The van der Waals surface area contributed by atoms with Crippen molar-refractivity contribution in [1.82, 2.24) is 19.7 Å². The first kappa shape index (κ1) is 17.9. The third kappa shape index (κ3) is 4.10. The van der Waals surface area contributed by atoms with Crippen LogP contribution < -0.4 is 5.32 Å². The van der Waals surface area contributed by atoms with Gasteiger partial charge in [0.2, 0.25) is 5.91 Å². The molecule has 138 valence electrons. The number of para-hydroxylation sites is 2. The fourth-order valence-corrected chi connectivity index (χ4v) is 3.46. The molecule has 0 atom stereocenters. The summed E-state index contributed by atoms with van der Waals surface area (Å²) in [5, 5.41) is 12.2. The fraction of sp³-hybridized carbons (Fsp3) is 0.0476. The Balaban J connectivity index is 1.59. The zero-order valence-corrected chi connectivity index (χ0v) is 15.7. The first-order valence-corrected chi connectivity index (χ1v) is 9.69. The van der Waals surface area contributed by atoms with Gasteiger partial charge in [-0.25, -0.2) is 0 Å². The maximum absolute atomic E-state index is 12.3. The fourth-order valence-electron chi connectivity index (χ4n) is 2.71. The molecule has 1 N–H and O–H groups in total. The second-order valence-electron chi connectivity index (χ2n) is 5.92. The van der Waals surface area contributed by atoms with E-state index in [9.17, 15) is 4.79 Å². The minimum absolute atomic E-state index is 0.0933. The first-order valence-electron chi connectivity index (χ1n) is 8.70. The predicted octanol–water partition coefficient (Wildman–Crippen LogP) is 4.06. The van der Waals surface area contributed by atoms with Gasteiger partial charge in [0.15, 0.2) is 11.0 Å². The molecule has 2 aromatic heterocycles. The molecule has 0 saturated heterocycles. The molecule has 7 heteroatoms. The van der Waals surface area contributed by atoms with Crippen LogP contribution in [0.3, 0.4) is 0 Å². The minimum Gasteiger partial charge on any atom is -0.325 e. The number of anilines is 1. The lowest BCUT2D eigenvalue weighted by molar-refractivity contribution is -0.113. The second-order valence-corrected chi connectivity index (χ2v) is 6.86. The maximum atomic E-state index is 12.3. The van der Waals surface area contributed by atoms with Gasteiger partial charge in [-0.15, -0.1) is 10.2 Å². The molecule has 0 radical (unpaired) electrons. The quantitative estimate of drug-likeness (QED) is 0.505. The van der Waals surface area contributed by atoms with Crippen molar-refractivity contribution in [3.63, 3.8) is 0 Å². The second kappa shape index (κ2) is 8.49. The highest BCUT2D eigenvalue weighted by Crippen LogP contribution is 2.27. The molecule has 0 unspecified atom stereocenters. The van der Waals surface area contributed by atoms with Gasteiger partial charge < -0.3 is 5.32 Å². The largest absolute Gasteiger partial charge is 0.325 e. The summed E-state index contributed by atoms with van der Waals surface area (Å²) in [4.78, 5) is 16.4. The van der Waals surface area contributed by atoms with Crippen LogP contribution >= 0.6 is 11.8 Å². The van der Waals surface area contributed by atoms with Crippen LogP contribution in [0.2, 0.25) is 0 Å². The highest BCUT2D eigenvalue weighted by atomic mass is 32.2. The van der Waals surface area contributed by atoms with Gasteiger partial charge in [0, 0.05) is 29.3 Å². The van der Waals surface area contributed by atoms with Crippen molar-refractivity contribution < 1.29 is 4.79 Å². The molecule has 28 heavy (non-hydrogen) atoms. The smallest absolute Gasteiger partial charge is 0.234 e. The zero-order chi connectivity index (χ0) is 19.2. The Kier molecular flexibility index (Phi) is 5.44. The Morgan fingerprint density at radius 3 is 2.29 bits per heavy atom. The van der Waals surface area contributed by atoms with Gasteiger partial charge in [-0.1, -0.05) is 48.2 Å². The van der Waals surface area contributed by atoms with Crippen molar-refractivity contribution in [2.24, 2.45) is 0 Å². The predicted molar refractivity (Wildman–Crippen MR) is 110 cm³/mol. The Morgan fingerprint density at radius 2 is 1.57 bits per heavy atom. The Morgan fingerprint density at radius 1 is 0.893 bits per heavy atom. The number of carbonyl (C=O) groups excluding carboxylic acids is 1. The highest BCUT2D eigenvalue weighted by Gasteiger charge is 2.17. The average Bonchev–Trinajstić information content (AvgIpc) is 3.18. The normalized spacial score (nSPS) is 10.6. The van der Waals surface area contributed by atoms with Gasteiger partial charge in [-0.3, -0.25) is 14.3 Å². The van der Waals surface area contributed by atoms with E-state index in [1.807, 2.05) is 77.4 Å². The lowest BCUT2D eigenvalue weighted by atomic mass is 10.2. The number of nitrogens with one attached hydrogen (secondary N) is 1. The lowest BCUT2D eigenvalue weighted by Gasteiger charge is -2.10. The van der Waals surface area contributed by atoms with E-state index in [1.165, 1.54) is 11.8 Å². The van der Waals surface area contributed by atoms with E-state index in [4.69, 9.17) is 0 Å². The number of rotatable bonds is 6. The third-order valence-corrected chi connectivity index (χ3v) is 4.91. The maximum Gasteiger partial charge on any atom is 0.234 e. The molecular weight excluding hydrogens is 370 g/mol. The molecule has 4 rings (SSSR count). The molecular formula is C21H17N5OS. The number of hydrogen-bond donors (Lipinski definition) is 1. The number of amides is 1. The summed E-state index contributed by atoms with van der Waals surface area (Å²) in [6, 6.07) is 23.0. The number of thioether (sulfide) groups is 1. The van der Waals surface area contributed by atoms with Crippen molar-refractivity contribution in [3.8, 4) is 17.1 Å². The summed E-state index contributed by atoms with van der Waals surface area (Å²) >= 11 is 1.35. The Hall–Kier alpha value is -3.45. The summed E-state index contributed by atoms with van der Waals surface area (Å²) in [7, 11) is 0. The monoisotopic (exact) mass is 387 g/mol. The van der Waals surface area contributed by atoms with E-state index in [1.54, 1.807) is 12.4 Å². The number of carbonyl (C=O) groups is 1. The highest BCUT2D eigenvalue weighted by molar-refractivity contribution is 7.99. The lowest BCUT2D eigenvalue weighted by Crippen LogP contribution is -2.14. The van der Waals surface area contributed by atoms with Gasteiger partial charge in [0.05, 0.1) is 5.75 Å². The van der Waals surface area contributed by atoms with Crippen molar-refractivity contribution in [2.45, 2.75) is 5.16 Å². The summed E-state index contributed by atoms with van der Waals surface area (Å²) < 4.78 is 1.95. The molecule has 1 amide bonds. The van der Waals surface area contributed by atoms with Gasteiger partial charge in [-0.05, 0) is 36.4 Å². The molecule has 0 spiro atoms. The number of pyridine rings is 1. The van der Waals surface area contributed by atoms with Crippen molar-refractivity contribution in [1.29, 1.82) is 0 Å². The molecule has 0 fully saturated rings. The SMILES string of the molecule is O=C(CSc1nnc(-c2ccncc2)n1-c1ccccc1)Nc1ccccc1. The van der Waals surface area contributed by atoms with Crippen LogP contribution in [-0.4, -0.2) is 31.4 Å². The first-order chi connectivity index (χ1) is 13.8. The van der Waals surface area contributed by atoms with E-state index in [2.05, 4.69) is 20.5 Å². The Bertz CT molecular complexity index is 1050. The van der Waals surface area contributed by atoms with Crippen LogP contribution in [0.5, 0.6) is 0 Å². The summed E-state index contributed by atoms with van der Waals surface area (Å²) in [6.07, 6.45) is 3.44. The van der Waals surface area contributed by atoms with E-state index < -0.39 is 0 Å². The zero-order valence-electron chi connectivity index (χ0n) is 14.9. The minimum atomic E-state index is -0.0933. The van der Waals surface area contributed by atoms with Gasteiger partial charge in [-0.2, -0.15) is 0 Å². The molecule has 6 nitrogen and oxygen atoms in total. The van der Waals surface area contributed by atoms with Gasteiger partial charge in [0.25, 0.3) is 0 Å². The van der Waals surface area contributed by atoms with Crippen LogP contribution in [0.15, 0.2) is 90.3 Å². The molecule has 2 aromatic carbocycles. The van der Waals surface area contributed by atoms with E-state index >= 15 is 0 Å². The molecule has 0 aliphatic carbocycles. The number of benzene rings is 2. The van der Waals surface area contributed by atoms with E-state index in [0.717, 1.165) is 16.9 Å². The van der Waals surface area contributed by atoms with Crippen molar-refractivity contribution in [3.05, 3.63) is 85.2 Å². The van der Waals surface area contributed by atoms with Crippen molar-refractivity contribution >= 4 is 23.4 Å². The molecule has 0 aliphatic heterocycles. The third-order valence-electron chi connectivity index (χ3n) is 3.98. The Labute approximate surface area is 166 Å². The van der Waals surface area contributed by atoms with Gasteiger partial charge >= 0.3 is 0 Å². The molecule has 0 bridgehead atoms. The molecule has 4 aromatic rings.